The number of hydrogen-bond acceptors (Lipinski definition) is 3. The van der Waals surface area contributed by atoms with Crippen LogP contribution in [0.4, 0.5) is 0 Å². The Balaban J connectivity index is 2.55. The van der Waals surface area contributed by atoms with E-state index in [1.807, 2.05) is 30.3 Å². The van der Waals surface area contributed by atoms with E-state index >= 15 is 0 Å². The molecule has 3 heteroatoms. The Morgan fingerprint density at radius 1 is 1.24 bits per heavy atom. The summed E-state index contributed by atoms with van der Waals surface area (Å²) in [6, 6.07) is 12.0. The first-order valence-electron chi connectivity index (χ1n) is 5.53. The molecular formula is C14H15NO2. The lowest BCUT2D eigenvalue weighted by Gasteiger charge is -2.08. The van der Waals surface area contributed by atoms with Crippen LogP contribution < -0.4 is 4.74 Å². The molecule has 2 aromatic carbocycles. The molecule has 0 amide bonds. The van der Waals surface area contributed by atoms with Gasteiger partial charge in [-0.05, 0) is 16.8 Å². The molecule has 0 fully saturated rings. The fourth-order valence-electron chi connectivity index (χ4n) is 1.80. The van der Waals surface area contributed by atoms with E-state index in [9.17, 15) is 0 Å². The minimum absolute atomic E-state index is 0.0591. The summed E-state index contributed by atoms with van der Waals surface area (Å²) in [4.78, 5) is 4.16. The maximum absolute atomic E-state index is 8.74. The van der Waals surface area contributed by atoms with Crippen LogP contribution in [0.5, 0.6) is 5.75 Å². The first-order chi connectivity index (χ1) is 8.36. The number of hydrogen-bond donors (Lipinski definition) is 1. The highest BCUT2D eigenvalue weighted by Crippen LogP contribution is 2.26. The van der Waals surface area contributed by atoms with E-state index in [0.717, 1.165) is 22.1 Å². The van der Waals surface area contributed by atoms with Gasteiger partial charge in [0.1, 0.15) is 5.75 Å². The van der Waals surface area contributed by atoms with Crippen molar-refractivity contribution < 1.29 is 9.84 Å². The fourth-order valence-corrected chi connectivity index (χ4v) is 1.80. The summed E-state index contributed by atoms with van der Waals surface area (Å²) in [7, 11) is 1.65. The van der Waals surface area contributed by atoms with Gasteiger partial charge >= 0.3 is 0 Å². The average Bonchev–Trinajstić information content (AvgIpc) is 2.39. The van der Waals surface area contributed by atoms with Crippen LogP contribution in [0.15, 0.2) is 41.4 Å². The Morgan fingerprint density at radius 2 is 2.06 bits per heavy atom. The molecule has 0 heterocycles. The van der Waals surface area contributed by atoms with Crippen molar-refractivity contribution >= 4 is 17.0 Å². The van der Waals surface area contributed by atoms with E-state index in [-0.39, 0.29) is 6.61 Å². The second kappa shape index (κ2) is 5.46. The van der Waals surface area contributed by atoms with Crippen LogP contribution in [0, 0.1) is 0 Å². The minimum Gasteiger partial charge on any atom is -0.496 e. The average molecular weight is 229 g/mol. The third kappa shape index (κ3) is 2.45. The number of ether oxygens (including phenoxy) is 1. The van der Waals surface area contributed by atoms with Gasteiger partial charge in [-0.15, -0.1) is 0 Å². The third-order valence-corrected chi connectivity index (χ3v) is 2.60. The molecule has 0 aromatic heterocycles. The van der Waals surface area contributed by atoms with Crippen molar-refractivity contribution in [1.29, 1.82) is 0 Å². The number of fused-ring (bicyclic) bond motifs is 1. The summed E-state index contributed by atoms with van der Waals surface area (Å²) >= 11 is 0. The van der Waals surface area contributed by atoms with Gasteiger partial charge in [-0.2, -0.15) is 0 Å². The van der Waals surface area contributed by atoms with Crippen LogP contribution >= 0.6 is 0 Å². The molecule has 0 saturated carbocycles. The van der Waals surface area contributed by atoms with Crippen molar-refractivity contribution in [3.05, 3.63) is 42.0 Å². The maximum Gasteiger partial charge on any atom is 0.128 e. The molecule has 0 atom stereocenters. The molecule has 2 aromatic rings. The molecule has 0 spiro atoms. The molecule has 0 radical (unpaired) electrons. The van der Waals surface area contributed by atoms with Crippen molar-refractivity contribution in [2.24, 2.45) is 4.99 Å². The van der Waals surface area contributed by atoms with Crippen LogP contribution in [-0.2, 0) is 0 Å². The van der Waals surface area contributed by atoms with Crippen LogP contribution in [0.2, 0.25) is 0 Å². The molecule has 0 aliphatic carbocycles. The zero-order valence-corrected chi connectivity index (χ0v) is 9.76. The number of benzene rings is 2. The Morgan fingerprint density at radius 3 is 2.82 bits per heavy atom. The molecule has 0 unspecified atom stereocenters. The Labute approximate surface area is 100 Å². The summed E-state index contributed by atoms with van der Waals surface area (Å²) < 4.78 is 5.33. The molecule has 3 nitrogen and oxygen atoms in total. The molecule has 2 rings (SSSR count). The van der Waals surface area contributed by atoms with Crippen LogP contribution in [0.1, 0.15) is 5.56 Å². The lowest BCUT2D eigenvalue weighted by atomic mass is 10.0. The second-order valence-corrected chi connectivity index (χ2v) is 3.66. The molecule has 88 valence electrons. The summed E-state index contributed by atoms with van der Waals surface area (Å²) in [5.74, 6) is 0.797. The third-order valence-electron chi connectivity index (χ3n) is 2.60. The van der Waals surface area contributed by atoms with E-state index in [4.69, 9.17) is 9.84 Å². The van der Waals surface area contributed by atoms with Crippen molar-refractivity contribution in [2.45, 2.75) is 0 Å². The van der Waals surface area contributed by atoms with Gasteiger partial charge in [0.15, 0.2) is 0 Å². The summed E-state index contributed by atoms with van der Waals surface area (Å²) in [6.07, 6.45) is 1.76. The maximum atomic E-state index is 8.74. The first-order valence-corrected chi connectivity index (χ1v) is 5.53. The normalized spacial score (nSPS) is 11.2. The fraction of sp³-hybridized carbons (Fsp3) is 0.214. The Hall–Kier alpha value is -1.87. The van der Waals surface area contributed by atoms with E-state index in [0.29, 0.717) is 6.54 Å². The SMILES string of the molecule is COc1ccc2ccccc2c1/C=N/CCO. The highest BCUT2D eigenvalue weighted by molar-refractivity contribution is 6.02. The van der Waals surface area contributed by atoms with Gasteiger partial charge in [-0.1, -0.05) is 30.3 Å². The zero-order valence-electron chi connectivity index (χ0n) is 9.76. The first kappa shape index (κ1) is 11.6. The summed E-state index contributed by atoms with van der Waals surface area (Å²) in [5, 5.41) is 11.0. The summed E-state index contributed by atoms with van der Waals surface area (Å²) in [6.45, 7) is 0.468. The highest BCUT2D eigenvalue weighted by Gasteiger charge is 2.05. The smallest absolute Gasteiger partial charge is 0.128 e. The van der Waals surface area contributed by atoms with E-state index in [1.165, 1.54) is 0 Å². The molecule has 0 aliphatic rings. The van der Waals surface area contributed by atoms with E-state index in [2.05, 4.69) is 11.1 Å². The number of rotatable bonds is 4. The number of aliphatic hydroxyl groups excluding tert-OH is 1. The molecule has 0 bridgehead atoms. The number of aliphatic imine (C=N–C) groups is 1. The van der Waals surface area contributed by atoms with Gasteiger partial charge in [0.25, 0.3) is 0 Å². The lowest BCUT2D eigenvalue weighted by molar-refractivity contribution is 0.307. The number of methoxy groups -OCH3 is 1. The van der Waals surface area contributed by atoms with Crippen molar-refractivity contribution in [3.63, 3.8) is 0 Å². The second-order valence-electron chi connectivity index (χ2n) is 3.66. The standard InChI is InChI=1S/C14H15NO2/c1-17-14-7-6-11-4-2-3-5-12(11)13(14)10-15-8-9-16/h2-7,10,16H,8-9H2,1H3/b15-10+. The molecular weight excluding hydrogens is 214 g/mol. The van der Waals surface area contributed by atoms with Gasteiger partial charge in [0, 0.05) is 11.8 Å². The zero-order chi connectivity index (χ0) is 12.1. The van der Waals surface area contributed by atoms with Gasteiger partial charge in [-0.25, -0.2) is 0 Å². The predicted octanol–water partition coefficient (Wildman–Crippen LogP) is 2.26. The highest BCUT2D eigenvalue weighted by atomic mass is 16.5. The quantitative estimate of drug-likeness (QED) is 0.817. The monoisotopic (exact) mass is 229 g/mol. The van der Waals surface area contributed by atoms with Gasteiger partial charge in [0.2, 0.25) is 0 Å². The Kier molecular flexibility index (Phi) is 3.73. The molecule has 0 saturated heterocycles. The van der Waals surface area contributed by atoms with Crippen LogP contribution in [0.3, 0.4) is 0 Å². The predicted molar refractivity (Wildman–Crippen MR) is 70.0 cm³/mol. The number of aliphatic hydroxyl groups is 1. The van der Waals surface area contributed by atoms with E-state index < -0.39 is 0 Å². The largest absolute Gasteiger partial charge is 0.496 e. The lowest BCUT2D eigenvalue weighted by Crippen LogP contribution is -1.94. The molecule has 17 heavy (non-hydrogen) atoms. The van der Waals surface area contributed by atoms with Crippen LogP contribution in [-0.4, -0.2) is 31.6 Å². The van der Waals surface area contributed by atoms with Gasteiger partial charge < -0.3 is 9.84 Å². The van der Waals surface area contributed by atoms with Crippen molar-refractivity contribution in [3.8, 4) is 5.75 Å². The van der Waals surface area contributed by atoms with Crippen molar-refractivity contribution in [1.82, 2.24) is 0 Å². The Bertz CT molecular complexity index is 535. The summed E-state index contributed by atoms with van der Waals surface area (Å²) in [5.41, 5.74) is 0.957. The number of nitrogens with zero attached hydrogens (tertiary/aromatic N) is 1. The van der Waals surface area contributed by atoms with E-state index in [1.54, 1.807) is 13.3 Å². The molecule has 0 aliphatic heterocycles. The van der Waals surface area contributed by atoms with Gasteiger partial charge in [0.05, 0.1) is 20.3 Å². The van der Waals surface area contributed by atoms with Crippen LogP contribution in [0.25, 0.3) is 10.8 Å². The topological polar surface area (TPSA) is 41.8 Å². The minimum atomic E-state index is 0.0591. The molecule has 1 N–H and O–H groups in total. The van der Waals surface area contributed by atoms with Crippen molar-refractivity contribution in [2.75, 3.05) is 20.3 Å². The van der Waals surface area contributed by atoms with Gasteiger partial charge in [-0.3, -0.25) is 4.99 Å².